The Bertz CT molecular complexity index is 6.00. The Hall–Kier alpha value is 1.81. The SMILES string of the molecule is Cl.Cl.[PH2][SnH]. The zero-order valence-corrected chi connectivity index (χ0v) is 8.05. The summed E-state index contributed by atoms with van der Waals surface area (Å²) in [5.74, 6) is 0. The Labute approximate surface area is 53.6 Å². The van der Waals surface area contributed by atoms with Gasteiger partial charge in [0, 0.05) is 0 Å². The van der Waals surface area contributed by atoms with Gasteiger partial charge in [-0.3, -0.25) is 0 Å². The van der Waals surface area contributed by atoms with Crippen molar-refractivity contribution in [1.29, 1.82) is 0 Å². The van der Waals surface area contributed by atoms with Crippen LogP contribution in [-0.2, 0) is 0 Å². The predicted octanol–water partition coefficient (Wildman–Crippen LogP) is 0.521. The van der Waals surface area contributed by atoms with Crippen molar-refractivity contribution in [3.8, 4) is 0 Å². The van der Waals surface area contributed by atoms with E-state index >= 15 is 0 Å². The quantitative estimate of drug-likeness (QED) is 0.417. The van der Waals surface area contributed by atoms with Crippen molar-refractivity contribution >= 4 is 53.7 Å². The molecular weight excluding hydrogens is 221 g/mol. The van der Waals surface area contributed by atoms with E-state index in [9.17, 15) is 0 Å². The van der Waals surface area contributed by atoms with Crippen molar-refractivity contribution in [3.05, 3.63) is 0 Å². The van der Waals surface area contributed by atoms with Crippen LogP contribution in [0.15, 0.2) is 0 Å². The molecule has 0 aromatic heterocycles. The molecule has 0 aromatic rings. The van der Waals surface area contributed by atoms with E-state index in [0.717, 1.165) is 0 Å². The van der Waals surface area contributed by atoms with Gasteiger partial charge in [0.15, 0.2) is 0 Å². The van der Waals surface area contributed by atoms with E-state index in [1.54, 1.807) is 0 Å². The summed E-state index contributed by atoms with van der Waals surface area (Å²) < 4.78 is 0. The molecule has 1 unspecified atom stereocenters. The molecule has 2 radical (unpaired) electrons. The van der Waals surface area contributed by atoms with Crippen molar-refractivity contribution in [2.45, 2.75) is 0 Å². The minimum atomic E-state index is 0. The monoisotopic (exact) mass is 226 g/mol. The van der Waals surface area contributed by atoms with Crippen LogP contribution in [0.4, 0.5) is 0 Å². The van der Waals surface area contributed by atoms with Gasteiger partial charge in [-0.05, 0) is 0 Å². The average molecular weight is 226 g/mol. The van der Waals surface area contributed by atoms with E-state index in [-0.39, 0.29) is 24.8 Å². The van der Waals surface area contributed by atoms with Crippen molar-refractivity contribution in [1.82, 2.24) is 0 Å². The standard InChI is InChI=1S/2ClH.H2P.Sn.H/h2*1H;1H2;;/q;;-1;+1;. The summed E-state index contributed by atoms with van der Waals surface area (Å²) >= 11 is 1.27. The first-order valence-corrected chi connectivity index (χ1v) is 6.71. The van der Waals surface area contributed by atoms with Crippen LogP contribution in [0.2, 0.25) is 0 Å². The Balaban J connectivity index is -0.00000000500. The molecule has 0 N–H and O–H groups in total. The van der Waals surface area contributed by atoms with Crippen molar-refractivity contribution in [2.75, 3.05) is 0 Å². The summed E-state index contributed by atoms with van der Waals surface area (Å²) in [5.41, 5.74) is 0. The fourth-order valence-electron chi connectivity index (χ4n) is 0. The van der Waals surface area contributed by atoms with E-state index in [4.69, 9.17) is 0 Å². The van der Waals surface area contributed by atoms with Crippen LogP contribution in [0.1, 0.15) is 0 Å². The zero-order chi connectivity index (χ0) is 2.00. The summed E-state index contributed by atoms with van der Waals surface area (Å²) in [6.45, 7) is 2.55. The molecule has 0 rings (SSSR count). The van der Waals surface area contributed by atoms with Crippen LogP contribution >= 0.6 is 31.7 Å². The van der Waals surface area contributed by atoms with Gasteiger partial charge in [0.1, 0.15) is 0 Å². The first-order valence-electron chi connectivity index (χ1n) is 0.333. The third-order valence-corrected chi connectivity index (χ3v) is 0. The van der Waals surface area contributed by atoms with Crippen molar-refractivity contribution in [2.24, 2.45) is 0 Å². The van der Waals surface area contributed by atoms with Gasteiger partial charge in [0.25, 0.3) is 0 Å². The zero-order valence-electron chi connectivity index (χ0n) is 1.97. The second-order valence-corrected chi connectivity index (χ2v) is 0. The fourth-order valence-corrected chi connectivity index (χ4v) is 0. The maximum atomic E-state index is 2.55. The molecule has 0 aliphatic heterocycles. The Kier molecular flexibility index (Phi) is 90.8. The first-order chi connectivity index (χ1) is 1.00. The Morgan fingerprint density at radius 2 is 1.00 bits per heavy atom. The normalized spacial score (nSPS) is 1.50. The fraction of sp³-hybridized carbons (Fsp3) is 0. The molecule has 4 heavy (non-hydrogen) atoms. The van der Waals surface area contributed by atoms with Crippen LogP contribution in [0.5, 0.6) is 0 Å². The molecule has 0 aliphatic carbocycles. The van der Waals surface area contributed by atoms with Crippen LogP contribution in [-0.4, -0.2) is 22.0 Å². The van der Waals surface area contributed by atoms with Gasteiger partial charge in [-0.1, -0.05) is 0 Å². The van der Waals surface area contributed by atoms with Crippen molar-refractivity contribution in [3.63, 3.8) is 0 Å². The van der Waals surface area contributed by atoms with Crippen LogP contribution in [0, 0.1) is 0 Å². The molecule has 4 heteroatoms. The number of hydrogen-bond acceptors (Lipinski definition) is 0. The van der Waals surface area contributed by atoms with Gasteiger partial charge in [-0.15, -0.1) is 24.8 Å². The van der Waals surface area contributed by atoms with E-state index in [1.165, 1.54) is 22.0 Å². The molecule has 0 fully saturated rings. The molecule has 0 bridgehead atoms. The molecule has 0 aliphatic rings. The first kappa shape index (κ1) is 17.0. The van der Waals surface area contributed by atoms with Gasteiger partial charge < -0.3 is 0 Å². The Morgan fingerprint density at radius 1 is 1.00 bits per heavy atom. The molecule has 1 atom stereocenters. The van der Waals surface area contributed by atoms with Crippen LogP contribution < -0.4 is 0 Å². The maximum absolute atomic E-state index is 2.55. The summed E-state index contributed by atoms with van der Waals surface area (Å²) in [7, 11) is 0. The second kappa shape index (κ2) is 21.3. The van der Waals surface area contributed by atoms with E-state index in [0.29, 0.717) is 0 Å². The minimum absolute atomic E-state index is 0. The predicted molar refractivity (Wildman–Crippen MR) is 31.4 cm³/mol. The average Bonchev–Trinajstić information content (AvgIpc) is 1.00. The molecule has 0 spiro atoms. The second-order valence-electron chi connectivity index (χ2n) is 0. The number of halogens is 2. The van der Waals surface area contributed by atoms with Gasteiger partial charge in [-0.25, -0.2) is 0 Å². The molecule has 0 heterocycles. The molecular formula is H5Cl2PSn. The van der Waals surface area contributed by atoms with Crippen LogP contribution in [0.25, 0.3) is 0 Å². The van der Waals surface area contributed by atoms with E-state index < -0.39 is 0 Å². The molecule has 0 saturated carbocycles. The molecule has 0 aromatic carbocycles. The third-order valence-electron chi connectivity index (χ3n) is 0. The van der Waals surface area contributed by atoms with E-state index in [2.05, 4.69) is 6.89 Å². The topological polar surface area (TPSA) is 0 Å². The summed E-state index contributed by atoms with van der Waals surface area (Å²) in [4.78, 5) is 0. The van der Waals surface area contributed by atoms with Gasteiger partial charge in [-0.2, -0.15) is 0 Å². The molecule has 0 nitrogen and oxygen atoms in total. The third kappa shape index (κ3) is 9.18. The molecule has 28 valence electrons. The molecule has 0 saturated heterocycles. The summed E-state index contributed by atoms with van der Waals surface area (Å²) in [6.07, 6.45) is 0. The van der Waals surface area contributed by atoms with Crippen LogP contribution in [0.3, 0.4) is 0 Å². The number of hydrogen-bond donors (Lipinski definition) is 0. The molecule has 0 amide bonds. The van der Waals surface area contributed by atoms with E-state index in [1.807, 2.05) is 0 Å². The Morgan fingerprint density at radius 3 is 1.00 bits per heavy atom. The van der Waals surface area contributed by atoms with Gasteiger partial charge >= 0.3 is 28.9 Å². The number of rotatable bonds is 0. The summed E-state index contributed by atoms with van der Waals surface area (Å²) in [5, 5.41) is 0. The van der Waals surface area contributed by atoms with Gasteiger partial charge in [0.2, 0.25) is 0 Å². The summed E-state index contributed by atoms with van der Waals surface area (Å²) in [6, 6.07) is 0. The van der Waals surface area contributed by atoms with Gasteiger partial charge in [0.05, 0.1) is 0 Å². The van der Waals surface area contributed by atoms with Crippen molar-refractivity contribution < 1.29 is 0 Å².